The number of ether oxygens (including phenoxy) is 1. The van der Waals surface area contributed by atoms with Crippen LogP contribution in [0.5, 0.6) is 0 Å². The molecule has 0 unspecified atom stereocenters. The number of esters is 1. The topological polar surface area (TPSA) is 38.3 Å². The molecule has 0 spiro atoms. The van der Waals surface area contributed by atoms with E-state index in [2.05, 4.69) is 32.2 Å². The Morgan fingerprint density at radius 2 is 2.10 bits per heavy atom. The van der Waals surface area contributed by atoms with E-state index < -0.39 is 0 Å². The summed E-state index contributed by atoms with van der Waals surface area (Å²) in [6.45, 7) is 6.97. The average Bonchev–Trinajstić information content (AvgIpc) is 2.45. The van der Waals surface area contributed by atoms with Crippen LogP contribution < -0.4 is 5.32 Å². The number of carbonyl (C=O) groups is 1. The van der Waals surface area contributed by atoms with Crippen LogP contribution in [0.2, 0.25) is 0 Å². The Bertz CT molecular complexity index is 564. The number of hydrogen-bond donors (Lipinski definition) is 1. The lowest BCUT2D eigenvalue weighted by molar-refractivity contribution is 0.0601. The van der Waals surface area contributed by atoms with E-state index in [9.17, 15) is 4.79 Å². The first kappa shape index (κ1) is 14.4. The number of carbonyl (C=O) groups excluding carboxylic acids is 1. The lowest BCUT2D eigenvalue weighted by atomic mass is 9.61. The second-order valence-corrected chi connectivity index (χ2v) is 7.22. The number of para-hydroxylation sites is 1. The van der Waals surface area contributed by atoms with Crippen molar-refractivity contribution in [1.82, 2.24) is 0 Å². The first-order chi connectivity index (χ1) is 9.95. The predicted molar refractivity (Wildman–Crippen MR) is 84.7 cm³/mol. The molecule has 0 aromatic heterocycles. The number of methoxy groups -OCH3 is 1. The minimum Gasteiger partial charge on any atom is -0.465 e. The molecule has 1 aliphatic carbocycles. The van der Waals surface area contributed by atoms with Gasteiger partial charge in [-0.2, -0.15) is 0 Å². The molecule has 1 aromatic rings. The largest absolute Gasteiger partial charge is 0.465 e. The molecule has 1 heterocycles. The van der Waals surface area contributed by atoms with Crippen molar-refractivity contribution in [2.24, 2.45) is 11.8 Å². The molecule has 114 valence electrons. The first-order valence-corrected chi connectivity index (χ1v) is 7.93. The Balaban J connectivity index is 2.09. The van der Waals surface area contributed by atoms with Gasteiger partial charge in [0.25, 0.3) is 0 Å². The normalized spacial score (nSPS) is 29.8. The van der Waals surface area contributed by atoms with Gasteiger partial charge in [0.1, 0.15) is 0 Å². The Morgan fingerprint density at radius 1 is 1.33 bits per heavy atom. The van der Waals surface area contributed by atoms with Crippen molar-refractivity contribution >= 4 is 11.7 Å². The third-order valence-electron chi connectivity index (χ3n) is 5.53. The highest BCUT2D eigenvalue weighted by atomic mass is 16.5. The summed E-state index contributed by atoms with van der Waals surface area (Å²) in [7, 11) is 1.45. The van der Waals surface area contributed by atoms with Crippen molar-refractivity contribution in [3.05, 3.63) is 29.3 Å². The fraction of sp³-hybridized carbons (Fsp3) is 0.611. The van der Waals surface area contributed by atoms with E-state index in [1.807, 2.05) is 12.1 Å². The fourth-order valence-electron chi connectivity index (χ4n) is 4.31. The van der Waals surface area contributed by atoms with Gasteiger partial charge in [-0.3, -0.25) is 0 Å². The summed E-state index contributed by atoms with van der Waals surface area (Å²) >= 11 is 0. The van der Waals surface area contributed by atoms with Gasteiger partial charge in [-0.1, -0.05) is 39.3 Å². The Hall–Kier alpha value is -1.51. The predicted octanol–water partition coefficient (Wildman–Crippen LogP) is 3.98. The number of rotatable bonds is 1. The van der Waals surface area contributed by atoms with E-state index in [1.165, 1.54) is 31.9 Å². The van der Waals surface area contributed by atoms with Gasteiger partial charge in [0, 0.05) is 6.04 Å². The standard InChI is InChI=1S/C18H25NO2/c1-11-8-9-13-15(10-11)19-16-12(17(20)21-4)6-5-7-14(16)18(13,2)3/h5-7,11,13,15,19H,8-10H2,1-4H3/t11-,13+,15-/m0/s1. The summed E-state index contributed by atoms with van der Waals surface area (Å²) < 4.78 is 4.95. The van der Waals surface area contributed by atoms with Crippen LogP contribution in [0.15, 0.2) is 18.2 Å². The lowest BCUT2D eigenvalue weighted by Gasteiger charge is -2.50. The summed E-state index contributed by atoms with van der Waals surface area (Å²) in [5.74, 6) is 1.13. The maximum Gasteiger partial charge on any atom is 0.339 e. The van der Waals surface area contributed by atoms with Gasteiger partial charge in [0.2, 0.25) is 0 Å². The summed E-state index contributed by atoms with van der Waals surface area (Å²) in [6.07, 6.45) is 3.75. The maximum atomic E-state index is 12.1. The minimum atomic E-state index is -0.252. The van der Waals surface area contributed by atoms with Crippen molar-refractivity contribution in [2.75, 3.05) is 12.4 Å². The number of nitrogens with one attached hydrogen (secondary N) is 1. The molecule has 0 saturated heterocycles. The monoisotopic (exact) mass is 287 g/mol. The van der Waals surface area contributed by atoms with Gasteiger partial charge < -0.3 is 10.1 Å². The van der Waals surface area contributed by atoms with Crippen molar-refractivity contribution in [2.45, 2.75) is 51.5 Å². The third kappa shape index (κ3) is 2.23. The van der Waals surface area contributed by atoms with E-state index in [4.69, 9.17) is 4.74 Å². The van der Waals surface area contributed by atoms with Crippen LogP contribution in [0.1, 0.15) is 56.0 Å². The molecule has 1 aromatic carbocycles. The lowest BCUT2D eigenvalue weighted by Crippen LogP contribution is -2.49. The van der Waals surface area contributed by atoms with Gasteiger partial charge >= 0.3 is 5.97 Å². The Labute approximate surface area is 127 Å². The van der Waals surface area contributed by atoms with E-state index >= 15 is 0 Å². The highest BCUT2D eigenvalue weighted by Crippen LogP contribution is 2.49. The molecule has 2 aliphatic rings. The minimum absolute atomic E-state index is 0.0927. The second-order valence-electron chi connectivity index (χ2n) is 7.22. The Kier molecular flexibility index (Phi) is 3.46. The maximum absolute atomic E-state index is 12.1. The van der Waals surface area contributed by atoms with Crippen LogP contribution in [-0.4, -0.2) is 19.1 Å². The van der Waals surface area contributed by atoms with Gasteiger partial charge in [-0.25, -0.2) is 4.79 Å². The van der Waals surface area contributed by atoms with Crippen LogP contribution >= 0.6 is 0 Å². The van der Waals surface area contributed by atoms with Crippen LogP contribution in [-0.2, 0) is 10.2 Å². The molecule has 3 rings (SSSR count). The van der Waals surface area contributed by atoms with E-state index in [1.54, 1.807) is 0 Å². The molecule has 3 atom stereocenters. The van der Waals surface area contributed by atoms with Gasteiger partial charge in [0.05, 0.1) is 18.4 Å². The molecule has 1 saturated carbocycles. The highest BCUT2D eigenvalue weighted by molar-refractivity contribution is 5.97. The van der Waals surface area contributed by atoms with Gasteiger partial charge in [-0.15, -0.1) is 0 Å². The molecule has 1 fully saturated rings. The Morgan fingerprint density at radius 3 is 2.81 bits per heavy atom. The van der Waals surface area contributed by atoms with Gasteiger partial charge in [0.15, 0.2) is 0 Å². The molecule has 0 bridgehead atoms. The van der Waals surface area contributed by atoms with Crippen molar-refractivity contribution in [3.8, 4) is 0 Å². The third-order valence-corrected chi connectivity index (χ3v) is 5.53. The van der Waals surface area contributed by atoms with Crippen LogP contribution in [0.4, 0.5) is 5.69 Å². The second kappa shape index (κ2) is 5.04. The molecular formula is C18H25NO2. The zero-order chi connectivity index (χ0) is 15.2. The SMILES string of the molecule is COC(=O)c1cccc2c1N[C@H]1C[C@@H](C)CC[C@H]1C2(C)C. The molecule has 21 heavy (non-hydrogen) atoms. The number of hydrogen-bond acceptors (Lipinski definition) is 3. The molecule has 0 amide bonds. The number of fused-ring (bicyclic) bond motifs is 2. The molecular weight excluding hydrogens is 262 g/mol. The summed E-state index contributed by atoms with van der Waals surface area (Å²) in [6, 6.07) is 6.45. The van der Waals surface area contributed by atoms with Crippen LogP contribution in [0.25, 0.3) is 0 Å². The zero-order valence-corrected chi connectivity index (χ0v) is 13.4. The van der Waals surface area contributed by atoms with Crippen molar-refractivity contribution < 1.29 is 9.53 Å². The quantitative estimate of drug-likeness (QED) is 0.794. The molecule has 3 nitrogen and oxygen atoms in total. The molecule has 0 radical (unpaired) electrons. The summed E-state index contributed by atoms with van der Waals surface area (Å²) in [5.41, 5.74) is 3.00. The van der Waals surface area contributed by atoms with Crippen LogP contribution in [0.3, 0.4) is 0 Å². The molecule has 3 heteroatoms. The van der Waals surface area contributed by atoms with E-state index in [0.717, 1.165) is 11.6 Å². The number of anilines is 1. The zero-order valence-electron chi connectivity index (χ0n) is 13.4. The molecule has 1 aliphatic heterocycles. The highest BCUT2D eigenvalue weighted by Gasteiger charge is 2.45. The van der Waals surface area contributed by atoms with Crippen LogP contribution in [0, 0.1) is 11.8 Å². The molecule has 1 N–H and O–H groups in total. The average molecular weight is 287 g/mol. The summed E-state index contributed by atoms with van der Waals surface area (Å²) in [5, 5.41) is 3.67. The van der Waals surface area contributed by atoms with Crippen molar-refractivity contribution in [1.29, 1.82) is 0 Å². The smallest absolute Gasteiger partial charge is 0.339 e. The number of benzene rings is 1. The van der Waals surface area contributed by atoms with E-state index in [0.29, 0.717) is 17.5 Å². The van der Waals surface area contributed by atoms with E-state index in [-0.39, 0.29) is 11.4 Å². The van der Waals surface area contributed by atoms with Gasteiger partial charge in [-0.05, 0) is 41.7 Å². The van der Waals surface area contributed by atoms with Crippen molar-refractivity contribution in [3.63, 3.8) is 0 Å². The fourth-order valence-corrected chi connectivity index (χ4v) is 4.31. The summed E-state index contributed by atoms with van der Waals surface area (Å²) in [4.78, 5) is 12.1. The first-order valence-electron chi connectivity index (χ1n) is 7.93.